The fraction of sp³-hybridized carbons (Fsp3) is 0.0769. The van der Waals surface area contributed by atoms with E-state index in [4.69, 9.17) is 11.1 Å². The second-order valence-electron chi connectivity index (χ2n) is 3.49. The molecule has 1 rings (SSSR count). The van der Waals surface area contributed by atoms with Gasteiger partial charge in [0.1, 0.15) is 0 Å². The maximum Gasteiger partial charge on any atom is 0.248 e. The summed E-state index contributed by atoms with van der Waals surface area (Å²) in [6.07, 6.45) is 5.84. The minimum atomic E-state index is -0.324. The molecule has 0 fully saturated rings. The van der Waals surface area contributed by atoms with E-state index in [0.717, 1.165) is 0 Å². The molecular formula is C13H16N4O. The number of rotatable bonds is 5. The minimum Gasteiger partial charge on any atom is -0.397 e. The highest BCUT2D eigenvalue weighted by atomic mass is 16.1. The average Bonchev–Trinajstić information content (AvgIpc) is 2.36. The van der Waals surface area contributed by atoms with E-state index in [1.165, 1.54) is 12.2 Å². The zero-order chi connectivity index (χ0) is 13.4. The third-order valence-electron chi connectivity index (χ3n) is 2.06. The number of hydrogen-bond donors (Lipinski definition) is 4. The van der Waals surface area contributed by atoms with Crippen LogP contribution in [0.4, 0.5) is 11.4 Å². The first-order valence-corrected chi connectivity index (χ1v) is 5.39. The van der Waals surface area contributed by atoms with Gasteiger partial charge in [-0.15, -0.1) is 0 Å². The van der Waals surface area contributed by atoms with Crippen molar-refractivity contribution in [3.8, 4) is 0 Å². The predicted molar refractivity (Wildman–Crippen MR) is 74.6 cm³/mol. The highest BCUT2D eigenvalue weighted by Gasteiger charge is 2.00. The van der Waals surface area contributed by atoms with Gasteiger partial charge in [-0.05, 0) is 30.5 Å². The van der Waals surface area contributed by atoms with Crippen LogP contribution < -0.4 is 16.4 Å². The molecule has 1 amide bonds. The number of carbonyl (C=O) groups is 1. The first-order chi connectivity index (χ1) is 8.63. The van der Waals surface area contributed by atoms with Gasteiger partial charge in [0.15, 0.2) is 0 Å². The first-order valence-electron chi connectivity index (χ1n) is 5.39. The van der Waals surface area contributed by atoms with Crippen molar-refractivity contribution >= 4 is 23.0 Å². The Balaban J connectivity index is 2.57. The summed E-state index contributed by atoms with van der Waals surface area (Å²) in [6.45, 7) is 0. The van der Waals surface area contributed by atoms with Crippen molar-refractivity contribution in [2.75, 3.05) is 18.1 Å². The van der Waals surface area contributed by atoms with Crippen molar-refractivity contribution in [3.63, 3.8) is 0 Å². The summed E-state index contributed by atoms with van der Waals surface area (Å²) in [6, 6.07) is 7.00. The van der Waals surface area contributed by atoms with Gasteiger partial charge in [-0.2, -0.15) is 0 Å². The lowest BCUT2D eigenvalue weighted by Crippen LogP contribution is -2.10. The van der Waals surface area contributed by atoms with Crippen molar-refractivity contribution in [3.05, 3.63) is 48.7 Å². The van der Waals surface area contributed by atoms with Gasteiger partial charge < -0.3 is 21.8 Å². The van der Waals surface area contributed by atoms with Gasteiger partial charge in [0.05, 0.1) is 17.1 Å². The highest BCUT2D eigenvalue weighted by Crippen LogP contribution is 2.16. The van der Waals surface area contributed by atoms with Crippen molar-refractivity contribution in [2.24, 2.45) is 0 Å². The van der Waals surface area contributed by atoms with E-state index in [1.54, 1.807) is 43.6 Å². The lowest BCUT2D eigenvalue weighted by molar-refractivity contribution is -0.111. The average molecular weight is 244 g/mol. The SMILES string of the molecule is CN/C=C\C(=N)/C=C/C(=O)Nc1ccccc1N. The minimum absolute atomic E-state index is 0.223. The van der Waals surface area contributed by atoms with E-state index in [9.17, 15) is 4.79 Å². The number of allylic oxidation sites excluding steroid dienone is 2. The van der Waals surface area contributed by atoms with Crippen LogP contribution in [0.1, 0.15) is 0 Å². The molecule has 0 spiro atoms. The van der Waals surface area contributed by atoms with Crippen LogP contribution in [-0.2, 0) is 4.79 Å². The molecule has 18 heavy (non-hydrogen) atoms. The van der Waals surface area contributed by atoms with Gasteiger partial charge in [-0.3, -0.25) is 4.79 Å². The number of amides is 1. The van der Waals surface area contributed by atoms with E-state index >= 15 is 0 Å². The molecule has 1 aromatic rings. The molecule has 1 aromatic carbocycles. The van der Waals surface area contributed by atoms with Crippen LogP contribution >= 0.6 is 0 Å². The second-order valence-corrected chi connectivity index (χ2v) is 3.49. The van der Waals surface area contributed by atoms with Crippen LogP contribution in [0.5, 0.6) is 0 Å². The predicted octanol–water partition coefficient (Wildman–Crippen LogP) is 1.52. The van der Waals surface area contributed by atoms with Gasteiger partial charge in [-0.25, -0.2) is 0 Å². The molecule has 0 aliphatic heterocycles. The van der Waals surface area contributed by atoms with E-state index < -0.39 is 0 Å². The molecular weight excluding hydrogens is 228 g/mol. The van der Waals surface area contributed by atoms with E-state index in [0.29, 0.717) is 11.4 Å². The van der Waals surface area contributed by atoms with Gasteiger partial charge in [0.25, 0.3) is 0 Å². The lowest BCUT2D eigenvalue weighted by atomic mass is 10.2. The van der Waals surface area contributed by atoms with E-state index in [-0.39, 0.29) is 11.6 Å². The Hall–Kier alpha value is -2.56. The van der Waals surface area contributed by atoms with Crippen LogP contribution in [0.15, 0.2) is 48.7 Å². The molecule has 0 aliphatic carbocycles. The number of carbonyl (C=O) groups excluding carboxylic acids is 1. The standard InChI is InChI=1S/C13H16N4O/c1-16-9-8-10(14)6-7-13(18)17-12-5-3-2-4-11(12)15/h2-9,14,16H,15H2,1H3,(H,17,18)/b7-6+,9-8-,14-10?. The Bertz CT molecular complexity index is 492. The Labute approximate surface area is 106 Å². The normalized spacial score (nSPS) is 10.7. The van der Waals surface area contributed by atoms with Crippen molar-refractivity contribution in [1.29, 1.82) is 5.41 Å². The maximum absolute atomic E-state index is 11.6. The van der Waals surface area contributed by atoms with Crippen molar-refractivity contribution in [2.45, 2.75) is 0 Å². The van der Waals surface area contributed by atoms with E-state index in [1.807, 2.05) is 0 Å². The third kappa shape index (κ3) is 4.52. The molecule has 0 atom stereocenters. The Morgan fingerprint density at radius 3 is 2.67 bits per heavy atom. The summed E-state index contributed by atoms with van der Waals surface area (Å²) in [7, 11) is 1.73. The largest absolute Gasteiger partial charge is 0.397 e. The maximum atomic E-state index is 11.6. The fourth-order valence-electron chi connectivity index (χ4n) is 1.18. The number of nitrogens with two attached hydrogens (primary N) is 1. The zero-order valence-corrected chi connectivity index (χ0v) is 10.1. The smallest absolute Gasteiger partial charge is 0.248 e. The first kappa shape index (κ1) is 13.5. The molecule has 94 valence electrons. The van der Waals surface area contributed by atoms with Crippen LogP contribution in [0.3, 0.4) is 0 Å². The summed E-state index contributed by atoms with van der Waals surface area (Å²) in [4.78, 5) is 11.6. The zero-order valence-electron chi connectivity index (χ0n) is 10.1. The summed E-state index contributed by atoms with van der Waals surface area (Å²) in [5.74, 6) is -0.324. The number of nitrogens with one attached hydrogen (secondary N) is 3. The lowest BCUT2D eigenvalue weighted by Gasteiger charge is -2.04. The molecule has 5 heteroatoms. The topological polar surface area (TPSA) is 91.0 Å². The van der Waals surface area contributed by atoms with E-state index in [2.05, 4.69) is 10.6 Å². The number of anilines is 2. The number of hydrogen-bond acceptors (Lipinski definition) is 4. The van der Waals surface area contributed by atoms with Gasteiger partial charge in [0, 0.05) is 13.1 Å². The highest BCUT2D eigenvalue weighted by molar-refractivity contribution is 6.08. The van der Waals surface area contributed by atoms with Gasteiger partial charge in [-0.1, -0.05) is 12.1 Å². The molecule has 0 saturated carbocycles. The summed E-state index contributed by atoms with van der Waals surface area (Å²) >= 11 is 0. The Morgan fingerprint density at radius 1 is 1.28 bits per heavy atom. The molecule has 0 bridgehead atoms. The molecule has 0 aromatic heterocycles. The van der Waals surface area contributed by atoms with Crippen LogP contribution in [-0.4, -0.2) is 18.7 Å². The van der Waals surface area contributed by atoms with Crippen molar-refractivity contribution < 1.29 is 4.79 Å². The Kier molecular flexibility index (Phi) is 5.18. The summed E-state index contributed by atoms with van der Waals surface area (Å²) < 4.78 is 0. The van der Waals surface area contributed by atoms with Crippen LogP contribution in [0.25, 0.3) is 0 Å². The molecule has 0 unspecified atom stereocenters. The fourth-order valence-corrected chi connectivity index (χ4v) is 1.18. The Morgan fingerprint density at radius 2 is 2.00 bits per heavy atom. The molecule has 0 saturated heterocycles. The number of benzene rings is 1. The van der Waals surface area contributed by atoms with Gasteiger partial charge in [0.2, 0.25) is 5.91 Å². The molecule has 0 aliphatic rings. The van der Waals surface area contributed by atoms with Gasteiger partial charge >= 0.3 is 0 Å². The van der Waals surface area contributed by atoms with Crippen LogP contribution in [0, 0.1) is 5.41 Å². The third-order valence-corrected chi connectivity index (χ3v) is 2.06. The monoisotopic (exact) mass is 244 g/mol. The number of para-hydroxylation sites is 2. The molecule has 5 N–H and O–H groups in total. The van der Waals surface area contributed by atoms with Crippen molar-refractivity contribution in [1.82, 2.24) is 5.32 Å². The number of nitrogen functional groups attached to an aromatic ring is 1. The van der Waals surface area contributed by atoms with Crippen LogP contribution in [0.2, 0.25) is 0 Å². The summed E-state index contributed by atoms with van der Waals surface area (Å²) in [5, 5.41) is 12.9. The quantitative estimate of drug-likeness (QED) is 0.359. The molecule has 0 radical (unpaired) electrons. The second kappa shape index (κ2) is 6.90. The molecule has 5 nitrogen and oxygen atoms in total. The molecule has 0 heterocycles. The summed E-state index contributed by atoms with van der Waals surface area (Å²) in [5.41, 5.74) is 6.98.